The maximum absolute atomic E-state index is 10.7. The first-order valence-corrected chi connectivity index (χ1v) is 3.19. The van der Waals surface area contributed by atoms with Crippen LogP contribution in [0.4, 0.5) is 5.82 Å². The molecule has 2 rings (SSSR count). The highest BCUT2D eigenvalue weighted by Crippen LogP contribution is 2.06. The number of fused-ring (bicyclic) bond motifs is 1. The number of aliphatic imine (C=N–C) groups is 1. The molecule has 1 aromatic heterocycles. The van der Waals surface area contributed by atoms with Gasteiger partial charge in [-0.25, -0.2) is 4.98 Å². The minimum atomic E-state index is -0.209. The van der Waals surface area contributed by atoms with E-state index in [2.05, 4.69) is 20.3 Å². The van der Waals surface area contributed by atoms with Gasteiger partial charge in [-0.15, -0.1) is 0 Å². The van der Waals surface area contributed by atoms with Gasteiger partial charge in [0, 0.05) is 0 Å². The molecule has 0 aliphatic carbocycles. The number of hydrogen-bond acceptors (Lipinski definition) is 4. The Hall–Kier alpha value is -1.65. The fourth-order valence-electron chi connectivity index (χ4n) is 0.909. The predicted molar refractivity (Wildman–Crippen MR) is 40.9 cm³/mol. The number of nitrogens with one attached hydrogen (secondary N) is 2. The van der Waals surface area contributed by atoms with Crippen LogP contribution in [0.2, 0.25) is 0 Å². The Morgan fingerprint density at radius 1 is 1.55 bits per heavy atom. The summed E-state index contributed by atoms with van der Waals surface area (Å²) >= 11 is 0. The molecule has 5 heteroatoms. The molecular formula is C6H6N4O. The van der Waals surface area contributed by atoms with Crippen LogP contribution >= 0.6 is 0 Å². The average Bonchev–Trinajstić information content (AvgIpc) is 2.04. The number of rotatable bonds is 0. The third-order valence-corrected chi connectivity index (χ3v) is 1.38. The Labute approximate surface area is 62.2 Å². The van der Waals surface area contributed by atoms with Crippen LogP contribution in [0.3, 0.4) is 0 Å². The van der Waals surface area contributed by atoms with Crippen molar-refractivity contribution >= 4 is 12.0 Å². The minimum Gasteiger partial charge on any atom is -0.349 e. The monoisotopic (exact) mass is 150 g/mol. The van der Waals surface area contributed by atoms with E-state index in [1.807, 2.05) is 0 Å². The van der Waals surface area contributed by atoms with Gasteiger partial charge in [0.2, 0.25) is 0 Å². The highest BCUT2D eigenvalue weighted by molar-refractivity contribution is 5.84. The number of aromatic nitrogens is 2. The normalized spacial score (nSPS) is 13.8. The largest absolute Gasteiger partial charge is 0.349 e. The summed E-state index contributed by atoms with van der Waals surface area (Å²) in [7, 11) is 0. The van der Waals surface area contributed by atoms with Gasteiger partial charge in [-0.05, 0) is 0 Å². The molecule has 0 atom stereocenters. The van der Waals surface area contributed by atoms with Crippen molar-refractivity contribution < 1.29 is 0 Å². The second-order valence-corrected chi connectivity index (χ2v) is 2.16. The van der Waals surface area contributed by atoms with Crippen LogP contribution < -0.4 is 10.9 Å². The highest BCUT2D eigenvalue weighted by Gasteiger charge is 2.04. The smallest absolute Gasteiger partial charge is 0.267 e. The maximum Gasteiger partial charge on any atom is 0.267 e. The molecule has 0 amide bonds. The van der Waals surface area contributed by atoms with E-state index in [1.165, 1.54) is 6.20 Å². The molecule has 2 N–H and O–H groups in total. The number of H-pyrrole nitrogens is 1. The summed E-state index contributed by atoms with van der Waals surface area (Å²) in [6.45, 7) is 0.520. The van der Waals surface area contributed by atoms with Gasteiger partial charge in [0.1, 0.15) is 12.4 Å². The zero-order valence-electron chi connectivity index (χ0n) is 5.66. The Morgan fingerprint density at radius 3 is 3.36 bits per heavy atom. The third-order valence-electron chi connectivity index (χ3n) is 1.38. The molecular weight excluding hydrogens is 144 g/mol. The Morgan fingerprint density at radius 2 is 2.45 bits per heavy atom. The second-order valence-electron chi connectivity index (χ2n) is 2.16. The van der Waals surface area contributed by atoms with E-state index in [9.17, 15) is 4.79 Å². The van der Waals surface area contributed by atoms with Crippen LogP contribution in [0.1, 0.15) is 5.69 Å². The zero-order chi connectivity index (χ0) is 7.68. The van der Waals surface area contributed by atoms with Crippen molar-refractivity contribution in [3.05, 3.63) is 22.2 Å². The summed E-state index contributed by atoms with van der Waals surface area (Å²) in [5, 5.41) is 2.91. The van der Waals surface area contributed by atoms with Crippen molar-refractivity contribution in [3.8, 4) is 0 Å². The molecule has 2 heterocycles. The number of anilines is 1. The van der Waals surface area contributed by atoms with Crippen LogP contribution in [-0.4, -0.2) is 22.9 Å². The van der Waals surface area contributed by atoms with Crippen LogP contribution in [0.15, 0.2) is 16.0 Å². The number of hydrogen-bond donors (Lipinski definition) is 2. The summed E-state index contributed by atoms with van der Waals surface area (Å²) in [5.41, 5.74) is 0.433. The van der Waals surface area contributed by atoms with Crippen LogP contribution in [0.25, 0.3) is 0 Å². The standard InChI is InChI=1S/C6H6N4O/c11-5-2-8-6-4(10-5)1-7-3-9-6/h1-2H,3H2,(H,8,9)(H,10,11). The van der Waals surface area contributed by atoms with Crippen LogP contribution in [0.5, 0.6) is 0 Å². The van der Waals surface area contributed by atoms with Gasteiger partial charge >= 0.3 is 0 Å². The molecule has 0 spiro atoms. The van der Waals surface area contributed by atoms with E-state index in [0.29, 0.717) is 18.2 Å². The SMILES string of the molecule is O=c1cnc2c([nH]1)C=NCN2. The predicted octanol–water partition coefficient (Wildman–Crippen LogP) is -0.428. The summed E-state index contributed by atoms with van der Waals surface area (Å²) < 4.78 is 0. The molecule has 11 heavy (non-hydrogen) atoms. The lowest BCUT2D eigenvalue weighted by atomic mass is 10.4. The maximum atomic E-state index is 10.7. The molecule has 1 aliphatic heterocycles. The van der Waals surface area contributed by atoms with Crippen LogP contribution in [-0.2, 0) is 0 Å². The second kappa shape index (κ2) is 2.19. The third kappa shape index (κ3) is 1.000. The molecule has 0 aromatic carbocycles. The molecule has 1 aliphatic rings. The molecule has 0 bridgehead atoms. The van der Waals surface area contributed by atoms with Gasteiger partial charge in [-0.1, -0.05) is 0 Å². The first-order valence-electron chi connectivity index (χ1n) is 3.19. The van der Waals surface area contributed by atoms with Gasteiger partial charge < -0.3 is 10.3 Å². The fraction of sp³-hybridized carbons (Fsp3) is 0.167. The Balaban J connectivity index is 2.63. The van der Waals surface area contributed by atoms with E-state index >= 15 is 0 Å². The first-order chi connectivity index (χ1) is 5.36. The van der Waals surface area contributed by atoms with Gasteiger partial charge in [-0.2, -0.15) is 0 Å². The molecule has 0 unspecified atom stereocenters. The van der Waals surface area contributed by atoms with E-state index in [1.54, 1.807) is 6.21 Å². The van der Waals surface area contributed by atoms with E-state index in [0.717, 1.165) is 0 Å². The first kappa shape index (κ1) is 6.09. The van der Waals surface area contributed by atoms with Crippen molar-refractivity contribution in [1.29, 1.82) is 0 Å². The summed E-state index contributed by atoms with van der Waals surface area (Å²) in [5.74, 6) is 0.680. The molecule has 56 valence electrons. The van der Waals surface area contributed by atoms with E-state index < -0.39 is 0 Å². The quantitative estimate of drug-likeness (QED) is 0.527. The lowest BCUT2D eigenvalue weighted by Crippen LogP contribution is -2.17. The molecule has 0 fully saturated rings. The zero-order valence-corrected chi connectivity index (χ0v) is 5.66. The van der Waals surface area contributed by atoms with Crippen molar-refractivity contribution in [2.24, 2.45) is 4.99 Å². The summed E-state index contributed by atoms with van der Waals surface area (Å²) in [6.07, 6.45) is 2.84. The summed E-state index contributed by atoms with van der Waals surface area (Å²) in [6, 6.07) is 0. The topological polar surface area (TPSA) is 70.1 Å². The summed E-state index contributed by atoms with van der Waals surface area (Å²) in [4.78, 5) is 21.1. The van der Waals surface area contributed by atoms with Crippen molar-refractivity contribution in [2.45, 2.75) is 0 Å². The molecule has 5 nitrogen and oxygen atoms in total. The van der Waals surface area contributed by atoms with Crippen molar-refractivity contribution in [1.82, 2.24) is 9.97 Å². The van der Waals surface area contributed by atoms with Crippen molar-refractivity contribution in [3.63, 3.8) is 0 Å². The highest BCUT2D eigenvalue weighted by atomic mass is 16.1. The molecule has 1 aromatic rings. The molecule has 0 saturated heterocycles. The lowest BCUT2D eigenvalue weighted by Gasteiger charge is -2.08. The van der Waals surface area contributed by atoms with Crippen LogP contribution in [0, 0.1) is 0 Å². The fourth-order valence-corrected chi connectivity index (χ4v) is 0.909. The Bertz CT molecular complexity index is 354. The average molecular weight is 150 g/mol. The van der Waals surface area contributed by atoms with Gasteiger partial charge in [0.25, 0.3) is 5.56 Å². The van der Waals surface area contributed by atoms with E-state index in [4.69, 9.17) is 0 Å². The van der Waals surface area contributed by atoms with Gasteiger partial charge in [-0.3, -0.25) is 9.79 Å². The van der Waals surface area contributed by atoms with Gasteiger partial charge in [0.15, 0.2) is 5.82 Å². The lowest BCUT2D eigenvalue weighted by molar-refractivity contribution is 1.03. The minimum absolute atomic E-state index is 0.209. The van der Waals surface area contributed by atoms with Crippen molar-refractivity contribution in [2.75, 3.05) is 12.0 Å². The molecule has 0 saturated carbocycles. The van der Waals surface area contributed by atoms with Gasteiger partial charge in [0.05, 0.1) is 12.4 Å². The van der Waals surface area contributed by atoms with E-state index in [-0.39, 0.29) is 5.56 Å². The Kier molecular flexibility index (Phi) is 1.21. The number of aromatic amines is 1. The number of nitrogens with zero attached hydrogens (tertiary/aromatic N) is 2. The molecule has 0 radical (unpaired) electrons.